The number of aromatic nitrogens is 2. The fourth-order valence-electron chi connectivity index (χ4n) is 1.27. The standard InChI is InChI=1S/C10H16N2O3/c1-4-6-7(3)9-11-8(12-15-9)10(13)14-5-2/h7H,4-6H2,1-3H3. The van der Waals surface area contributed by atoms with Gasteiger partial charge in [-0.1, -0.05) is 20.3 Å². The summed E-state index contributed by atoms with van der Waals surface area (Å²) in [5, 5.41) is 3.58. The van der Waals surface area contributed by atoms with Crippen LogP contribution in [0, 0.1) is 0 Å². The van der Waals surface area contributed by atoms with Gasteiger partial charge < -0.3 is 9.26 Å². The maximum absolute atomic E-state index is 11.2. The van der Waals surface area contributed by atoms with E-state index in [1.807, 2.05) is 6.92 Å². The van der Waals surface area contributed by atoms with Crippen molar-refractivity contribution >= 4 is 5.97 Å². The van der Waals surface area contributed by atoms with E-state index in [9.17, 15) is 4.79 Å². The Bertz CT molecular complexity index is 322. The minimum atomic E-state index is -0.531. The Labute approximate surface area is 88.8 Å². The predicted molar refractivity (Wildman–Crippen MR) is 53.6 cm³/mol. The molecule has 1 unspecified atom stereocenters. The number of esters is 1. The predicted octanol–water partition coefficient (Wildman–Crippen LogP) is 2.15. The number of carbonyl (C=O) groups is 1. The average Bonchev–Trinajstić information content (AvgIpc) is 2.67. The molecular formula is C10H16N2O3. The summed E-state index contributed by atoms with van der Waals surface area (Å²) >= 11 is 0. The summed E-state index contributed by atoms with van der Waals surface area (Å²) in [5.41, 5.74) is 0. The smallest absolute Gasteiger partial charge is 0.379 e. The van der Waals surface area contributed by atoms with Gasteiger partial charge in [-0.05, 0) is 18.5 Å². The maximum Gasteiger partial charge on any atom is 0.379 e. The molecule has 0 fully saturated rings. The van der Waals surface area contributed by atoms with Gasteiger partial charge in [-0.2, -0.15) is 4.98 Å². The van der Waals surface area contributed by atoms with Crippen LogP contribution < -0.4 is 0 Å². The lowest BCUT2D eigenvalue weighted by Crippen LogP contribution is -2.07. The fraction of sp³-hybridized carbons (Fsp3) is 0.700. The fourth-order valence-corrected chi connectivity index (χ4v) is 1.27. The summed E-state index contributed by atoms with van der Waals surface area (Å²) in [6, 6.07) is 0. The highest BCUT2D eigenvalue weighted by atomic mass is 16.5. The van der Waals surface area contributed by atoms with Crippen molar-refractivity contribution in [3.05, 3.63) is 11.7 Å². The lowest BCUT2D eigenvalue weighted by atomic mass is 10.1. The first-order valence-electron chi connectivity index (χ1n) is 5.19. The molecule has 1 heterocycles. The van der Waals surface area contributed by atoms with Crippen molar-refractivity contribution in [3.63, 3.8) is 0 Å². The van der Waals surface area contributed by atoms with Crippen molar-refractivity contribution in [2.75, 3.05) is 6.61 Å². The first-order valence-corrected chi connectivity index (χ1v) is 5.19. The highest BCUT2D eigenvalue weighted by Crippen LogP contribution is 2.18. The lowest BCUT2D eigenvalue weighted by Gasteiger charge is -2.01. The van der Waals surface area contributed by atoms with Crippen molar-refractivity contribution in [3.8, 4) is 0 Å². The van der Waals surface area contributed by atoms with E-state index in [2.05, 4.69) is 17.1 Å². The minimum absolute atomic E-state index is 0.00908. The first-order chi connectivity index (χ1) is 7.19. The van der Waals surface area contributed by atoms with E-state index in [1.165, 1.54) is 0 Å². The Kier molecular flexibility index (Phi) is 4.27. The Hall–Kier alpha value is -1.39. The van der Waals surface area contributed by atoms with Crippen LogP contribution in [0.4, 0.5) is 0 Å². The highest BCUT2D eigenvalue weighted by molar-refractivity contribution is 5.84. The quantitative estimate of drug-likeness (QED) is 0.699. The Morgan fingerprint density at radius 1 is 1.53 bits per heavy atom. The van der Waals surface area contributed by atoms with Gasteiger partial charge in [0.15, 0.2) is 0 Å². The van der Waals surface area contributed by atoms with Crippen molar-refractivity contribution in [2.45, 2.75) is 39.5 Å². The van der Waals surface area contributed by atoms with Crippen LogP contribution in [0.1, 0.15) is 56.0 Å². The second-order valence-electron chi connectivity index (χ2n) is 3.37. The SMILES string of the molecule is CCCC(C)c1nc(C(=O)OCC)no1. The minimum Gasteiger partial charge on any atom is -0.460 e. The van der Waals surface area contributed by atoms with Gasteiger partial charge in [-0.25, -0.2) is 4.79 Å². The first kappa shape index (κ1) is 11.7. The molecule has 1 rings (SSSR count). The van der Waals surface area contributed by atoms with Crippen LogP contribution in [-0.2, 0) is 4.74 Å². The molecule has 0 saturated carbocycles. The Balaban J connectivity index is 2.67. The molecule has 0 aliphatic rings. The van der Waals surface area contributed by atoms with Crippen LogP contribution >= 0.6 is 0 Å². The maximum atomic E-state index is 11.2. The molecule has 84 valence electrons. The number of rotatable bonds is 5. The van der Waals surface area contributed by atoms with Crippen molar-refractivity contribution < 1.29 is 14.1 Å². The van der Waals surface area contributed by atoms with Gasteiger partial charge in [0.2, 0.25) is 5.89 Å². The molecule has 0 aliphatic carbocycles. The molecule has 0 saturated heterocycles. The van der Waals surface area contributed by atoms with Crippen molar-refractivity contribution in [1.29, 1.82) is 0 Å². The molecule has 5 heteroatoms. The van der Waals surface area contributed by atoms with Crippen LogP contribution in [0.25, 0.3) is 0 Å². The van der Waals surface area contributed by atoms with Gasteiger partial charge in [0.1, 0.15) is 0 Å². The van der Waals surface area contributed by atoms with Gasteiger partial charge in [-0.3, -0.25) is 0 Å². The number of nitrogens with zero attached hydrogens (tertiary/aromatic N) is 2. The van der Waals surface area contributed by atoms with Gasteiger partial charge in [-0.15, -0.1) is 0 Å². The zero-order chi connectivity index (χ0) is 11.3. The van der Waals surface area contributed by atoms with E-state index in [4.69, 9.17) is 9.26 Å². The van der Waals surface area contributed by atoms with E-state index in [0.717, 1.165) is 12.8 Å². The van der Waals surface area contributed by atoms with Gasteiger partial charge in [0.25, 0.3) is 5.82 Å². The van der Waals surface area contributed by atoms with E-state index in [0.29, 0.717) is 12.5 Å². The number of carbonyl (C=O) groups excluding carboxylic acids is 1. The molecule has 0 amide bonds. The number of ether oxygens (including phenoxy) is 1. The molecule has 0 aliphatic heterocycles. The van der Waals surface area contributed by atoms with Crippen LogP contribution in [-0.4, -0.2) is 22.7 Å². The molecule has 1 aromatic heterocycles. The molecule has 0 N–H and O–H groups in total. The summed E-state index contributed by atoms with van der Waals surface area (Å²) in [6.07, 6.45) is 2.00. The zero-order valence-electron chi connectivity index (χ0n) is 9.32. The Morgan fingerprint density at radius 2 is 2.27 bits per heavy atom. The summed E-state index contributed by atoms with van der Waals surface area (Å²) < 4.78 is 9.74. The molecule has 1 aromatic rings. The third-order valence-corrected chi connectivity index (χ3v) is 2.04. The highest BCUT2D eigenvalue weighted by Gasteiger charge is 2.18. The van der Waals surface area contributed by atoms with Crippen LogP contribution in [0.2, 0.25) is 0 Å². The summed E-state index contributed by atoms with van der Waals surface area (Å²) in [4.78, 5) is 15.2. The van der Waals surface area contributed by atoms with E-state index >= 15 is 0 Å². The molecule has 0 radical (unpaired) electrons. The molecule has 5 nitrogen and oxygen atoms in total. The van der Waals surface area contributed by atoms with Crippen molar-refractivity contribution in [2.24, 2.45) is 0 Å². The van der Waals surface area contributed by atoms with Crippen LogP contribution in [0.5, 0.6) is 0 Å². The van der Waals surface area contributed by atoms with Gasteiger partial charge in [0, 0.05) is 5.92 Å². The normalized spacial score (nSPS) is 12.5. The summed E-state index contributed by atoms with van der Waals surface area (Å²) in [5.74, 6) is 0.164. The lowest BCUT2D eigenvalue weighted by molar-refractivity contribution is 0.0508. The molecule has 0 bridgehead atoms. The third-order valence-electron chi connectivity index (χ3n) is 2.04. The molecule has 0 spiro atoms. The van der Waals surface area contributed by atoms with Crippen LogP contribution in [0.3, 0.4) is 0 Å². The van der Waals surface area contributed by atoms with Gasteiger partial charge in [0.05, 0.1) is 6.61 Å². The zero-order valence-corrected chi connectivity index (χ0v) is 9.32. The third kappa shape index (κ3) is 3.04. The Morgan fingerprint density at radius 3 is 2.87 bits per heavy atom. The second kappa shape index (κ2) is 5.48. The van der Waals surface area contributed by atoms with Crippen molar-refractivity contribution in [1.82, 2.24) is 10.1 Å². The van der Waals surface area contributed by atoms with E-state index in [-0.39, 0.29) is 11.7 Å². The molecular weight excluding hydrogens is 196 g/mol. The van der Waals surface area contributed by atoms with E-state index in [1.54, 1.807) is 6.92 Å². The molecule has 0 aromatic carbocycles. The van der Waals surface area contributed by atoms with E-state index < -0.39 is 5.97 Å². The largest absolute Gasteiger partial charge is 0.460 e. The number of hydrogen-bond donors (Lipinski definition) is 0. The summed E-state index contributed by atoms with van der Waals surface area (Å²) in [6.45, 7) is 6.12. The molecule has 15 heavy (non-hydrogen) atoms. The van der Waals surface area contributed by atoms with Gasteiger partial charge >= 0.3 is 5.97 Å². The monoisotopic (exact) mass is 212 g/mol. The second-order valence-corrected chi connectivity index (χ2v) is 3.37. The van der Waals surface area contributed by atoms with Crippen LogP contribution in [0.15, 0.2) is 4.52 Å². The summed E-state index contributed by atoms with van der Waals surface area (Å²) in [7, 11) is 0. The number of hydrogen-bond acceptors (Lipinski definition) is 5. The molecule has 1 atom stereocenters. The average molecular weight is 212 g/mol. The topological polar surface area (TPSA) is 65.2 Å².